The number of nitrogens with one attached hydrogen (secondary N) is 1. The molecular weight excluding hydrogens is 244 g/mol. The molecule has 2 atom stereocenters. The van der Waals surface area contributed by atoms with E-state index in [0.29, 0.717) is 0 Å². The lowest BCUT2D eigenvalue weighted by molar-refractivity contribution is -0.124. The molecule has 0 fully saturated rings. The summed E-state index contributed by atoms with van der Waals surface area (Å²) in [6.45, 7) is 9.37. The molecule has 0 heterocycles. The fourth-order valence-corrected chi connectivity index (χ4v) is 2.78. The van der Waals surface area contributed by atoms with Crippen LogP contribution in [0.15, 0.2) is 0 Å². The van der Waals surface area contributed by atoms with Crippen LogP contribution in [0.1, 0.15) is 53.4 Å². The monoisotopic (exact) mass is 274 g/mol. The Hall–Kier alpha value is -0.220. The number of carbonyl (C=O) groups excluding carboxylic acids is 1. The van der Waals surface area contributed by atoms with Gasteiger partial charge in [0.1, 0.15) is 0 Å². The molecule has 0 radical (unpaired) electrons. The van der Waals surface area contributed by atoms with Crippen molar-refractivity contribution in [3.63, 3.8) is 0 Å². The molecule has 108 valence electrons. The molecule has 0 rings (SSSR count). The van der Waals surface area contributed by atoms with Crippen molar-refractivity contribution in [3.05, 3.63) is 0 Å². The summed E-state index contributed by atoms with van der Waals surface area (Å²) >= 11 is 1.98. The Morgan fingerprint density at radius 1 is 1.44 bits per heavy atom. The summed E-state index contributed by atoms with van der Waals surface area (Å²) in [7, 11) is 0. The zero-order valence-corrected chi connectivity index (χ0v) is 13.2. The van der Waals surface area contributed by atoms with Crippen molar-refractivity contribution in [1.29, 1.82) is 0 Å². The van der Waals surface area contributed by atoms with Gasteiger partial charge in [0.25, 0.3) is 0 Å². The molecule has 4 heteroatoms. The second-order valence-electron chi connectivity index (χ2n) is 5.32. The van der Waals surface area contributed by atoms with Crippen LogP contribution in [-0.4, -0.2) is 29.5 Å². The highest BCUT2D eigenvalue weighted by molar-refractivity contribution is 7.99. The molecule has 2 unspecified atom stereocenters. The van der Waals surface area contributed by atoms with Gasteiger partial charge in [-0.15, -0.1) is 0 Å². The van der Waals surface area contributed by atoms with E-state index in [1.54, 1.807) is 0 Å². The Balaban J connectivity index is 3.87. The van der Waals surface area contributed by atoms with Gasteiger partial charge in [0.2, 0.25) is 5.91 Å². The van der Waals surface area contributed by atoms with Crippen molar-refractivity contribution in [2.24, 2.45) is 11.7 Å². The van der Waals surface area contributed by atoms with E-state index >= 15 is 0 Å². The standard InChI is InChI=1S/C14H30N2OS/c1-5-9-16-14(4,13(15)17)8-7-10-18-11-12(3)6-2/h12,16H,5-11H2,1-4H3,(H2,15,17). The summed E-state index contributed by atoms with van der Waals surface area (Å²) in [5, 5.41) is 3.27. The van der Waals surface area contributed by atoms with Crippen molar-refractivity contribution < 1.29 is 4.79 Å². The molecule has 0 aromatic carbocycles. The van der Waals surface area contributed by atoms with Crippen LogP contribution in [0.3, 0.4) is 0 Å². The second kappa shape index (κ2) is 9.68. The molecule has 3 N–H and O–H groups in total. The third-order valence-electron chi connectivity index (χ3n) is 3.37. The molecule has 1 amide bonds. The van der Waals surface area contributed by atoms with E-state index in [4.69, 9.17) is 5.73 Å². The zero-order valence-electron chi connectivity index (χ0n) is 12.4. The highest BCUT2D eigenvalue weighted by Gasteiger charge is 2.29. The number of primary amides is 1. The fraction of sp³-hybridized carbons (Fsp3) is 0.929. The van der Waals surface area contributed by atoms with E-state index in [0.717, 1.165) is 37.5 Å². The summed E-state index contributed by atoms with van der Waals surface area (Å²) < 4.78 is 0. The van der Waals surface area contributed by atoms with Gasteiger partial charge in [-0.3, -0.25) is 4.79 Å². The molecule has 0 aromatic rings. The maximum absolute atomic E-state index is 11.5. The van der Waals surface area contributed by atoms with Gasteiger partial charge in [0, 0.05) is 0 Å². The van der Waals surface area contributed by atoms with Crippen molar-refractivity contribution in [3.8, 4) is 0 Å². The van der Waals surface area contributed by atoms with E-state index in [9.17, 15) is 4.79 Å². The van der Waals surface area contributed by atoms with Crippen molar-refractivity contribution >= 4 is 17.7 Å². The molecule has 3 nitrogen and oxygen atoms in total. The van der Waals surface area contributed by atoms with Crippen molar-refractivity contribution in [2.45, 2.75) is 58.9 Å². The number of carbonyl (C=O) groups is 1. The quantitative estimate of drug-likeness (QED) is 0.570. The SMILES string of the molecule is CCCNC(C)(CCCSCC(C)CC)C(N)=O. The largest absolute Gasteiger partial charge is 0.368 e. The van der Waals surface area contributed by atoms with E-state index in [1.807, 2.05) is 18.7 Å². The van der Waals surface area contributed by atoms with Crippen molar-refractivity contribution in [1.82, 2.24) is 5.32 Å². The van der Waals surface area contributed by atoms with Gasteiger partial charge in [-0.2, -0.15) is 11.8 Å². The highest BCUT2D eigenvalue weighted by Crippen LogP contribution is 2.17. The number of hydrogen-bond donors (Lipinski definition) is 2. The smallest absolute Gasteiger partial charge is 0.237 e. The molecule has 0 spiro atoms. The molecule has 0 bridgehead atoms. The van der Waals surface area contributed by atoms with Crippen molar-refractivity contribution in [2.75, 3.05) is 18.1 Å². The fourth-order valence-electron chi connectivity index (χ4n) is 1.63. The lowest BCUT2D eigenvalue weighted by atomic mass is 9.95. The predicted molar refractivity (Wildman–Crippen MR) is 81.9 cm³/mol. The van der Waals surface area contributed by atoms with E-state index in [2.05, 4.69) is 26.1 Å². The van der Waals surface area contributed by atoms with E-state index in [1.165, 1.54) is 12.2 Å². The number of rotatable bonds is 11. The van der Waals surface area contributed by atoms with Gasteiger partial charge in [-0.25, -0.2) is 0 Å². The van der Waals surface area contributed by atoms with Crippen LogP contribution in [0.25, 0.3) is 0 Å². The number of hydrogen-bond acceptors (Lipinski definition) is 3. The first kappa shape index (κ1) is 17.8. The third kappa shape index (κ3) is 7.27. The lowest BCUT2D eigenvalue weighted by Gasteiger charge is -2.27. The number of thioether (sulfide) groups is 1. The average molecular weight is 274 g/mol. The molecular formula is C14H30N2OS. The maximum atomic E-state index is 11.5. The minimum Gasteiger partial charge on any atom is -0.368 e. The normalized spacial score (nSPS) is 16.2. The highest BCUT2D eigenvalue weighted by atomic mass is 32.2. The molecule has 0 aliphatic rings. The molecule has 0 saturated carbocycles. The Morgan fingerprint density at radius 3 is 2.61 bits per heavy atom. The number of nitrogens with two attached hydrogens (primary N) is 1. The molecule has 0 aliphatic carbocycles. The van der Waals surface area contributed by atoms with Gasteiger partial charge >= 0.3 is 0 Å². The maximum Gasteiger partial charge on any atom is 0.237 e. The third-order valence-corrected chi connectivity index (χ3v) is 4.76. The first-order chi connectivity index (χ1) is 8.46. The minimum atomic E-state index is -0.535. The van der Waals surface area contributed by atoms with E-state index < -0.39 is 5.54 Å². The summed E-state index contributed by atoms with van der Waals surface area (Å²) in [6, 6.07) is 0. The molecule has 0 aromatic heterocycles. The van der Waals surface area contributed by atoms with Gasteiger partial charge < -0.3 is 11.1 Å². The second-order valence-corrected chi connectivity index (χ2v) is 6.46. The zero-order chi connectivity index (χ0) is 14.0. The van der Waals surface area contributed by atoms with Crippen LogP contribution >= 0.6 is 11.8 Å². The van der Waals surface area contributed by atoms with Crippen LogP contribution in [-0.2, 0) is 4.79 Å². The van der Waals surface area contributed by atoms with Crippen LogP contribution in [0.4, 0.5) is 0 Å². The molecule has 0 saturated heterocycles. The summed E-state index contributed by atoms with van der Waals surface area (Å²) in [5.41, 5.74) is 4.95. The Kier molecular flexibility index (Phi) is 9.56. The van der Waals surface area contributed by atoms with Crippen LogP contribution in [0, 0.1) is 5.92 Å². The number of amides is 1. The summed E-state index contributed by atoms with van der Waals surface area (Å²) in [4.78, 5) is 11.5. The van der Waals surface area contributed by atoms with Gasteiger partial charge in [-0.1, -0.05) is 27.2 Å². The molecule has 18 heavy (non-hydrogen) atoms. The van der Waals surface area contributed by atoms with E-state index in [-0.39, 0.29) is 5.91 Å². The minimum absolute atomic E-state index is 0.233. The molecule has 0 aliphatic heterocycles. The lowest BCUT2D eigenvalue weighted by Crippen LogP contribution is -2.53. The van der Waals surface area contributed by atoms with Gasteiger partial charge in [0.15, 0.2) is 0 Å². The van der Waals surface area contributed by atoms with Gasteiger partial charge in [-0.05, 0) is 50.2 Å². The Bertz CT molecular complexity index is 236. The summed E-state index contributed by atoms with van der Waals surface area (Å²) in [5.74, 6) is 2.88. The first-order valence-electron chi connectivity index (χ1n) is 7.09. The topological polar surface area (TPSA) is 55.1 Å². The first-order valence-corrected chi connectivity index (χ1v) is 8.24. The summed E-state index contributed by atoms with van der Waals surface area (Å²) in [6.07, 6.45) is 4.13. The average Bonchev–Trinajstić information content (AvgIpc) is 2.35. The van der Waals surface area contributed by atoms with Crippen LogP contribution < -0.4 is 11.1 Å². The van der Waals surface area contributed by atoms with Crippen LogP contribution in [0.2, 0.25) is 0 Å². The Labute approximate surface area is 117 Å². The van der Waals surface area contributed by atoms with Crippen LogP contribution in [0.5, 0.6) is 0 Å². The Morgan fingerprint density at radius 2 is 2.11 bits per heavy atom. The predicted octanol–water partition coefficient (Wildman–Crippen LogP) is 2.79. The van der Waals surface area contributed by atoms with Gasteiger partial charge in [0.05, 0.1) is 5.54 Å².